The predicted octanol–water partition coefficient (Wildman–Crippen LogP) is 2.85. The van der Waals surface area contributed by atoms with Crippen molar-refractivity contribution in [1.29, 1.82) is 5.26 Å². The Morgan fingerprint density at radius 2 is 1.90 bits per heavy atom. The third-order valence-electron chi connectivity index (χ3n) is 2.79. The summed E-state index contributed by atoms with van der Waals surface area (Å²) in [5.74, 6) is -1.32. The van der Waals surface area contributed by atoms with E-state index in [0.29, 0.717) is 5.56 Å². The molecule has 1 aliphatic carbocycles. The molecular weight excluding hydrogens is 314 g/mol. The second-order valence-corrected chi connectivity index (χ2v) is 5.77. The molecule has 0 N–H and O–H groups in total. The van der Waals surface area contributed by atoms with Crippen molar-refractivity contribution in [2.24, 2.45) is 0 Å². The number of halogens is 4. The fraction of sp³-hybridized carbons (Fsp3) is 0.250. The second-order valence-electron chi connectivity index (χ2n) is 4.24. The molecule has 4 nitrogen and oxygen atoms in total. The number of hydrogen-bond donors (Lipinski definition) is 0. The van der Waals surface area contributed by atoms with E-state index in [9.17, 15) is 26.0 Å². The minimum Gasteiger partial charge on any atom is -0.381 e. The van der Waals surface area contributed by atoms with Gasteiger partial charge in [0, 0.05) is 12.0 Å². The first kappa shape index (κ1) is 15.3. The number of benzene rings is 1. The Morgan fingerprint density at radius 1 is 1.24 bits per heavy atom. The fourth-order valence-electron chi connectivity index (χ4n) is 1.85. The molecule has 0 aliphatic heterocycles. The van der Waals surface area contributed by atoms with Crippen molar-refractivity contribution in [3.63, 3.8) is 0 Å². The predicted molar refractivity (Wildman–Crippen MR) is 63.5 cm³/mol. The van der Waals surface area contributed by atoms with E-state index >= 15 is 0 Å². The van der Waals surface area contributed by atoms with Gasteiger partial charge in [-0.1, -0.05) is 0 Å². The highest BCUT2D eigenvalue weighted by atomic mass is 32.2. The molecule has 0 amide bonds. The van der Waals surface area contributed by atoms with Crippen molar-refractivity contribution < 1.29 is 30.2 Å². The zero-order chi connectivity index (χ0) is 15.8. The average Bonchev–Trinajstić information content (AvgIpc) is 2.37. The quantitative estimate of drug-likeness (QED) is 0.477. The number of alkyl halides is 3. The monoisotopic (exact) mass is 321 g/mol. The fourth-order valence-corrected chi connectivity index (χ4v) is 2.36. The maximum absolute atomic E-state index is 13.7. The maximum atomic E-state index is 13.7. The Bertz CT molecular complexity index is 760. The van der Waals surface area contributed by atoms with Crippen molar-refractivity contribution >= 4 is 16.2 Å². The zero-order valence-electron chi connectivity index (χ0n) is 10.2. The summed E-state index contributed by atoms with van der Waals surface area (Å²) in [4.78, 5) is 0. The van der Waals surface area contributed by atoms with Crippen molar-refractivity contribution in [3.8, 4) is 6.07 Å². The topological polar surface area (TPSA) is 67.2 Å². The molecule has 0 bridgehead atoms. The van der Waals surface area contributed by atoms with Gasteiger partial charge in [0.2, 0.25) is 0 Å². The number of fused-ring (bicyclic) bond motifs is 1. The van der Waals surface area contributed by atoms with Crippen LogP contribution in [0.1, 0.15) is 23.1 Å². The number of rotatable bonds is 2. The molecule has 1 aliphatic rings. The van der Waals surface area contributed by atoms with E-state index in [0.717, 1.165) is 12.1 Å². The van der Waals surface area contributed by atoms with Gasteiger partial charge in [-0.25, -0.2) is 4.39 Å². The summed E-state index contributed by atoms with van der Waals surface area (Å²) in [5, 5.41) is 8.70. The van der Waals surface area contributed by atoms with E-state index < -0.39 is 27.2 Å². The van der Waals surface area contributed by atoms with Crippen LogP contribution >= 0.6 is 0 Å². The van der Waals surface area contributed by atoms with E-state index in [1.807, 2.05) is 0 Å². The molecule has 112 valence electrons. The molecule has 0 saturated carbocycles. The van der Waals surface area contributed by atoms with Crippen molar-refractivity contribution in [2.45, 2.75) is 18.3 Å². The van der Waals surface area contributed by atoms with Crippen LogP contribution in [-0.4, -0.2) is 13.9 Å². The molecule has 0 heterocycles. The van der Waals surface area contributed by atoms with Crippen molar-refractivity contribution in [2.75, 3.05) is 0 Å². The maximum Gasteiger partial charge on any atom is 0.534 e. The molecule has 0 saturated heterocycles. The van der Waals surface area contributed by atoms with Gasteiger partial charge < -0.3 is 4.18 Å². The summed E-state index contributed by atoms with van der Waals surface area (Å²) < 4.78 is 76.1. The van der Waals surface area contributed by atoms with E-state index in [1.165, 1.54) is 6.07 Å². The van der Waals surface area contributed by atoms with Crippen LogP contribution in [-0.2, 0) is 20.7 Å². The first-order chi connectivity index (χ1) is 9.64. The molecule has 0 spiro atoms. The number of nitriles is 1. The van der Waals surface area contributed by atoms with Crippen LogP contribution in [0, 0.1) is 17.1 Å². The largest absolute Gasteiger partial charge is 0.534 e. The van der Waals surface area contributed by atoms with Crippen LogP contribution in [0.4, 0.5) is 17.6 Å². The molecule has 1 aromatic rings. The lowest BCUT2D eigenvalue weighted by Crippen LogP contribution is -2.25. The summed E-state index contributed by atoms with van der Waals surface area (Å²) in [5.41, 5.74) is -5.14. The third kappa shape index (κ3) is 3.00. The summed E-state index contributed by atoms with van der Waals surface area (Å²) in [6.45, 7) is 0. The molecule has 0 aromatic heterocycles. The summed E-state index contributed by atoms with van der Waals surface area (Å²) in [7, 11) is -5.77. The van der Waals surface area contributed by atoms with Gasteiger partial charge in [0.1, 0.15) is 11.6 Å². The Kier molecular flexibility index (Phi) is 3.67. The summed E-state index contributed by atoms with van der Waals surface area (Å²) in [6, 6.07) is 4.06. The van der Waals surface area contributed by atoms with Crippen LogP contribution in [0.3, 0.4) is 0 Å². The van der Waals surface area contributed by atoms with E-state index in [4.69, 9.17) is 5.26 Å². The highest BCUT2D eigenvalue weighted by molar-refractivity contribution is 7.87. The second kappa shape index (κ2) is 5.04. The number of aryl methyl sites for hydroxylation is 1. The molecule has 0 fully saturated rings. The molecule has 9 heteroatoms. The molecule has 0 atom stereocenters. The molecule has 0 radical (unpaired) electrons. The van der Waals surface area contributed by atoms with Crippen molar-refractivity contribution in [1.82, 2.24) is 0 Å². The van der Waals surface area contributed by atoms with Crippen LogP contribution in [0.15, 0.2) is 17.9 Å². The number of allylic oxidation sites excluding steroid dienone is 1. The first-order valence-corrected chi connectivity index (χ1v) is 6.99. The number of hydrogen-bond acceptors (Lipinski definition) is 4. The smallest absolute Gasteiger partial charge is 0.381 e. The van der Waals surface area contributed by atoms with Crippen molar-refractivity contribution in [3.05, 3.63) is 40.4 Å². The summed E-state index contributed by atoms with van der Waals surface area (Å²) in [6.07, 6.45) is 0.830. The summed E-state index contributed by atoms with van der Waals surface area (Å²) >= 11 is 0. The van der Waals surface area contributed by atoms with Gasteiger partial charge in [-0.15, -0.1) is 0 Å². The Hall–Kier alpha value is -2.08. The van der Waals surface area contributed by atoms with Gasteiger partial charge in [0.15, 0.2) is 0 Å². The normalized spacial score (nSPS) is 14.9. The minimum absolute atomic E-state index is 0.0704. The first-order valence-electron chi connectivity index (χ1n) is 5.58. The van der Waals surface area contributed by atoms with Gasteiger partial charge in [0.25, 0.3) is 0 Å². The van der Waals surface area contributed by atoms with Crippen LogP contribution < -0.4 is 0 Å². The van der Waals surface area contributed by atoms with Gasteiger partial charge in [-0.05, 0) is 30.2 Å². The van der Waals surface area contributed by atoms with Crippen LogP contribution in [0.5, 0.6) is 0 Å². The molecule has 0 unspecified atom stereocenters. The lowest BCUT2D eigenvalue weighted by molar-refractivity contribution is -0.0522. The Morgan fingerprint density at radius 3 is 2.48 bits per heavy atom. The SMILES string of the molecule is N#Cc1cc(F)c2c(c1)CCC(OS(=O)(=O)C(F)(F)F)=C2. The van der Waals surface area contributed by atoms with E-state index in [2.05, 4.69) is 4.18 Å². The number of nitrogens with zero attached hydrogens (tertiary/aromatic N) is 1. The Labute approximate surface area is 117 Å². The standard InChI is InChI=1S/C12H7F4NO3S/c13-11-4-7(6-17)3-8-1-2-9(5-10(8)11)20-21(18,19)12(14,15)16/h3-5H,1-2H2. The molecule has 1 aromatic carbocycles. The molecule has 21 heavy (non-hydrogen) atoms. The Balaban J connectivity index is 2.38. The van der Waals surface area contributed by atoms with E-state index in [1.54, 1.807) is 6.07 Å². The van der Waals surface area contributed by atoms with Gasteiger partial charge >= 0.3 is 15.6 Å². The van der Waals surface area contributed by atoms with Gasteiger partial charge in [-0.2, -0.15) is 26.9 Å². The molecule has 2 rings (SSSR count). The van der Waals surface area contributed by atoms with Crippen LogP contribution in [0.2, 0.25) is 0 Å². The third-order valence-corrected chi connectivity index (χ3v) is 3.79. The highest BCUT2D eigenvalue weighted by Crippen LogP contribution is 2.32. The lowest BCUT2D eigenvalue weighted by Gasteiger charge is -2.18. The van der Waals surface area contributed by atoms with Gasteiger partial charge in [-0.3, -0.25) is 0 Å². The lowest BCUT2D eigenvalue weighted by atomic mass is 9.94. The minimum atomic E-state index is -5.77. The molecular formula is C12H7F4NO3S. The van der Waals surface area contributed by atoms with Gasteiger partial charge in [0.05, 0.1) is 11.6 Å². The van der Waals surface area contributed by atoms with Crippen LogP contribution in [0.25, 0.3) is 6.08 Å². The zero-order valence-corrected chi connectivity index (χ0v) is 11.1. The average molecular weight is 321 g/mol. The van der Waals surface area contributed by atoms with E-state index in [-0.39, 0.29) is 24.0 Å². The highest BCUT2D eigenvalue weighted by Gasteiger charge is 2.48.